The molecular formula is C14H13N3S. The molecule has 0 amide bonds. The van der Waals surface area contributed by atoms with Crippen LogP contribution in [-0.2, 0) is 0 Å². The molecule has 0 spiro atoms. The predicted molar refractivity (Wildman–Crippen MR) is 78.4 cm³/mol. The molecule has 0 aliphatic carbocycles. The lowest BCUT2D eigenvalue weighted by Gasteiger charge is -2.18. The summed E-state index contributed by atoms with van der Waals surface area (Å²) in [6.45, 7) is 0.715. The standard InChI is InChI=1S/C14H13N3S/c18-14-15-17(13-9-5-2-6-10-13)11-16(14)12-7-3-1-4-8-12/h1-10H,11H2,(H,15,18). The Morgan fingerprint density at radius 1 is 0.833 bits per heavy atom. The fourth-order valence-electron chi connectivity index (χ4n) is 1.98. The van der Waals surface area contributed by atoms with Crippen molar-refractivity contribution in [3.63, 3.8) is 0 Å². The minimum Gasteiger partial charge on any atom is -0.298 e. The van der Waals surface area contributed by atoms with E-state index in [-0.39, 0.29) is 0 Å². The molecule has 18 heavy (non-hydrogen) atoms. The lowest BCUT2D eigenvalue weighted by Crippen LogP contribution is -2.32. The van der Waals surface area contributed by atoms with Crippen molar-refractivity contribution in [2.24, 2.45) is 0 Å². The maximum absolute atomic E-state index is 5.37. The molecule has 0 saturated carbocycles. The highest BCUT2D eigenvalue weighted by Gasteiger charge is 2.24. The number of benzene rings is 2. The van der Waals surface area contributed by atoms with Crippen LogP contribution in [0.1, 0.15) is 0 Å². The third-order valence-electron chi connectivity index (χ3n) is 2.89. The van der Waals surface area contributed by atoms with E-state index in [2.05, 4.69) is 34.6 Å². The smallest absolute Gasteiger partial charge is 0.194 e. The van der Waals surface area contributed by atoms with Crippen LogP contribution in [0.15, 0.2) is 60.7 Å². The first-order valence-corrected chi connectivity index (χ1v) is 6.21. The zero-order chi connectivity index (χ0) is 12.4. The SMILES string of the molecule is S=C1NN(c2ccccc2)CN1c1ccccc1. The van der Waals surface area contributed by atoms with E-state index < -0.39 is 0 Å². The molecule has 1 aliphatic heterocycles. The molecule has 0 atom stereocenters. The molecule has 90 valence electrons. The molecular weight excluding hydrogens is 242 g/mol. The highest BCUT2D eigenvalue weighted by atomic mass is 32.1. The molecule has 1 aliphatic rings. The number of hydrazine groups is 1. The molecule has 2 aromatic carbocycles. The number of anilines is 2. The van der Waals surface area contributed by atoms with Crippen LogP contribution in [0.25, 0.3) is 0 Å². The molecule has 1 saturated heterocycles. The van der Waals surface area contributed by atoms with Crippen LogP contribution in [0, 0.1) is 0 Å². The van der Waals surface area contributed by atoms with Crippen LogP contribution < -0.4 is 15.3 Å². The second-order valence-electron chi connectivity index (χ2n) is 4.09. The van der Waals surface area contributed by atoms with E-state index >= 15 is 0 Å². The normalized spacial score (nSPS) is 14.8. The van der Waals surface area contributed by atoms with E-state index in [4.69, 9.17) is 12.2 Å². The predicted octanol–water partition coefficient (Wildman–Crippen LogP) is 2.76. The third-order valence-corrected chi connectivity index (χ3v) is 3.21. The molecule has 0 aromatic heterocycles. The molecule has 1 fully saturated rings. The number of thiocarbonyl (C=S) groups is 1. The lowest BCUT2D eigenvalue weighted by atomic mass is 10.3. The summed E-state index contributed by atoms with van der Waals surface area (Å²) < 4.78 is 0. The Hall–Kier alpha value is -2.07. The van der Waals surface area contributed by atoms with E-state index in [1.807, 2.05) is 41.4 Å². The fraction of sp³-hybridized carbons (Fsp3) is 0.0714. The van der Waals surface area contributed by atoms with Crippen LogP contribution in [0.5, 0.6) is 0 Å². The van der Waals surface area contributed by atoms with E-state index in [0.29, 0.717) is 6.67 Å². The van der Waals surface area contributed by atoms with Crippen molar-refractivity contribution in [2.45, 2.75) is 0 Å². The highest BCUT2D eigenvalue weighted by molar-refractivity contribution is 7.80. The van der Waals surface area contributed by atoms with Gasteiger partial charge in [0.2, 0.25) is 0 Å². The Labute approximate surface area is 112 Å². The molecule has 2 aromatic rings. The van der Waals surface area contributed by atoms with Gasteiger partial charge in [-0.2, -0.15) is 0 Å². The summed E-state index contributed by atoms with van der Waals surface area (Å²) in [4.78, 5) is 2.07. The van der Waals surface area contributed by atoms with Gasteiger partial charge in [-0.05, 0) is 36.5 Å². The van der Waals surface area contributed by atoms with E-state index in [0.717, 1.165) is 16.5 Å². The van der Waals surface area contributed by atoms with Crippen molar-refractivity contribution in [3.8, 4) is 0 Å². The number of hydrogen-bond acceptors (Lipinski definition) is 2. The number of rotatable bonds is 2. The van der Waals surface area contributed by atoms with Crippen LogP contribution in [-0.4, -0.2) is 11.8 Å². The molecule has 0 radical (unpaired) electrons. The Morgan fingerprint density at radius 2 is 1.39 bits per heavy atom. The van der Waals surface area contributed by atoms with Crippen molar-refractivity contribution in [1.29, 1.82) is 0 Å². The average molecular weight is 255 g/mol. The molecule has 3 nitrogen and oxygen atoms in total. The summed E-state index contributed by atoms with van der Waals surface area (Å²) >= 11 is 5.37. The monoisotopic (exact) mass is 255 g/mol. The summed E-state index contributed by atoms with van der Waals surface area (Å²) in [5.74, 6) is 0. The molecule has 4 heteroatoms. The Morgan fingerprint density at radius 3 is 2.00 bits per heavy atom. The molecule has 0 unspecified atom stereocenters. The van der Waals surface area contributed by atoms with Crippen LogP contribution in [0.4, 0.5) is 11.4 Å². The van der Waals surface area contributed by atoms with Crippen molar-refractivity contribution >= 4 is 28.7 Å². The fourth-order valence-corrected chi connectivity index (χ4v) is 2.25. The molecule has 0 bridgehead atoms. The zero-order valence-electron chi connectivity index (χ0n) is 9.78. The Balaban J connectivity index is 1.83. The summed E-state index contributed by atoms with van der Waals surface area (Å²) in [5, 5.41) is 2.76. The van der Waals surface area contributed by atoms with E-state index in [9.17, 15) is 0 Å². The van der Waals surface area contributed by atoms with Gasteiger partial charge >= 0.3 is 0 Å². The van der Waals surface area contributed by atoms with Crippen LogP contribution in [0.2, 0.25) is 0 Å². The quantitative estimate of drug-likeness (QED) is 0.831. The van der Waals surface area contributed by atoms with Crippen molar-refractivity contribution in [1.82, 2.24) is 5.43 Å². The number of nitrogens with one attached hydrogen (secondary N) is 1. The molecule has 1 N–H and O–H groups in total. The largest absolute Gasteiger partial charge is 0.298 e. The molecule has 3 rings (SSSR count). The third kappa shape index (κ3) is 2.02. The van der Waals surface area contributed by atoms with Crippen molar-refractivity contribution in [3.05, 3.63) is 60.7 Å². The Kier molecular flexibility index (Phi) is 2.86. The van der Waals surface area contributed by atoms with Gasteiger partial charge in [-0.1, -0.05) is 36.4 Å². The second-order valence-corrected chi connectivity index (χ2v) is 4.47. The van der Waals surface area contributed by atoms with Crippen LogP contribution >= 0.6 is 12.2 Å². The van der Waals surface area contributed by atoms with Gasteiger partial charge in [0.15, 0.2) is 5.11 Å². The summed E-state index contributed by atoms with van der Waals surface area (Å²) in [6, 6.07) is 20.3. The van der Waals surface area contributed by atoms with Gasteiger partial charge < -0.3 is 0 Å². The van der Waals surface area contributed by atoms with Gasteiger partial charge in [-0.25, -0.2) is 0 Å². The van der Waals surface area contributed by atoms with Gasteiger partial charge in [0.05, 0.1) is 5.69 Å². The first kappa shape index (κ1) is 11.0. The topological polar surface area (TPSA) is 18.5 Å². The first-order valence-electron chi connectivity index (χ1n) is 5.80. The number of hydrogen-bond donors (Lipinski definition) is 1. The van der Waals surface area contributed by atoms with Crippen molar-refractivity contribution in [2.75, 3.05) is 16.6 Å². The maximum Gasteiger partial charge on any atom is 0.194 e. The van der Waals surface area contributed by atoms with Crippen LogP contribution in [0.3, 0.4) is 0 Å². The van der Waals surface area contributed by atoms with Gasteiger partial charge in [0, 0.05) is 5.69 Å². The van der Waals surface area contributed by atoms with Gasteiger partial charge in [0.25, 0.3) is 0 Å². The summed E-state index contributed by atoms with van der Waals surface area (Å²) in [6.07, 6.45) is 0. The first-order chi connectivity index (χ1) is 8.84. The van der Waals surface area contributed by atoms with Gasteiger partial charge in [-0.15, -0.1) is 0 Å². The van der Waals surface area contributed by atoms with Crippen molar-refractivity contribution < 1.29 is 0 Å². The summed E-state index contributed by atoms with van der Waals surface area (Å²) in [7, 11) is 0. The number of nitrogens with zero attached hydrogens (tertiary/aromatic N) is 2. The number of para-hydroxylation sites is 2. The minimum atomic E-state index is 0.715. The van der Waals surface area contributed by atoms with E-state index in [1.165, 1.54) is 0 Å². The minimum absolute atomic E-state index is 0.715. The highest BCUT2D eigenvalue weighted by Crippen LogP contribution is 2.21. The lowest BCUT2D eigenvalue weighted by molar-refractivity contribution is 0.856. The average Bonchev–Trinajstić information content (AvgIpc) is 2.83. The molecule has 1 heterocycles. The van der Waals surface area contributed by atoms with Gasteiger partial charge in [0.1, 0.15) is 6.67 Å². The summed E-state index contributed by atoms with van der Waals surface area (Å²) in [5.41, 5.74) is 5.42. The van der Waals surface area contributed by atoms with E-state index in [1.54, 1.807) is 0 Å². The maximum atomic E-state index is 5.37. The zero-order valence-corrected chi connectivity index (χ0v) is 10.6. The second kappa shape index (κ2) is 4.66. The Bertz CT molecular complexity index is 541. The van der Waals surface area contributed by atoms with Gasteiger partial charge in [-0.3, -0.25) is 15.3 Å².